The lowest BCUT2D eigenvalue weighted by Gasteiger charge is -1.98. The first kappa shape index (κ1) is 13.3. The molecule has 100 valence electrons. The highest BCUT2D eigenvalue weighted by molar-refractivity contribution is 9.10. The maximum Gasteiger partial charge on any atom is 0.279 e. The number of benzene rings is 2. The molecule has 1 amide bonds. The van der Waals surface area contributed by atoms with Crippen molar-refractivity contribution in [3.8, 4) is 0 Å². The van der Waals surface area contributed by atoms with E-state index >= 15 is 0 Å². The third kappa shape index (κ3) is 2.34. The van der Waals surface area contributed by atoms with Gasteiger partial charge in [-0.1, -0.05) is 35.6 Å². The number of aryl methyl sites for hydroxylation is 1. The molecule has 2 aromatic carbocycles. The summed E-state index contributed by atoms with van der Waals surface area (Å²) in [5, 5.41) is 0. The van der Waals surface area contributed by atoms with Crippen molar-refractivity contribution in [2.24, 2.45) is 12.0 Å². The van der Waals surface area contributed by atoms with Gasteiger partial charge in [-0.15, -0.1) is 0 Å². The second-order valence-electron chi connectivity index (χ2n) is 4.31. The van der Waals surface area contributed by atoms with Gasteiger partial charge in [0.25, 0.3) is 5.91 Å². The van der Waals surface area contributed by atoms with Crippen molar-refractivity contribution in [3.63, 3.8) is 0 Å². The van der Waals surface area contributed by atoms with E-state index in [2.05, 4.69) is 20.9 Å². The second-order valence-corrected chi connectivity index (χ2v) is 6.18. The van der Waals surface area contributed by atoms with Crippen LogP contribution in [0, 0.1) is 0 Å². The molecule has 0 fully saturated rings. The van der Waals surface area contributed by atoms with Crippen molar-refractivity contribution in [2.45, 2.75) is 0 Å². The molecule has 3 rings (SSSR count). The minimum Gasteiger partial charge on any atom is -0.318 e. The molecule has 0 N–H and O–H groups in total. The molecule has 0 radical (unpaired) electrons. The van der Waals surface area contributed by atoms with Crippen LogP contribution < -0.4 is 4.80 Å². The van der Waals surface area contributed by atoms with Gasteiger partial charge in [-0.2, -0.15) is 4.99 Å². The molecule has 20 heavy (non-hydrogen) atoms. The normalized spacial score (nSPS) is 12.0. The van der Waals surface area contributed by atoms with Crippen LogP contribution in [0.3, 0.4) is 0 Å². The average Bonchev–Trinajstić information content (AvgIpc) is 2.78. The molecule has 0 saturated carbocycles. The zero-order chi connectivity index (χ0) is 14.1. The summed E-state index contributed by atoms with van der Waals surface area (Å²) in [5.74, 6) is -0.219. The summed E-state index contributed by atoms with van der Waals surface area (Å²) in [6.07, 6.45) is 0. The van der Waals surface area contributed by atoms with Gasteiger partial charge in [0.1, 0.15) is 0 Å². The third-order valence-corrected chi connectivity index (χ3v) is 4.73. The van der Waals surface area contributed by atoms with Gasteiger partial charge in [0.15, 0.2) is 4.80 Å². The minimum absolute atomic E-state index is 0.219. The highest BCUT2D eigenvalue weighted by atomic mass is 79.9. The molecule has 0 unspecified atom stereocenters. The maximum atomic E-state index is 12.1. The fourth-order valence-electron chi connectivity index (χ4n) is 2.00. The first-order valence-corrected chi connectivity index (χ1v) is 7.66. The molecule has 0 aliphatic heterocycles. The Hall–Kier alpha value is -1.72. The van der Waals surface area contributed by atoms with E-state index in [1.165, 1.54) is 11.3 Å². The van der Waals surface area contributed by atoms with E-state index in [9.17, 15) is 4.79 Å². The third-order valence-electron chi connectivity index (χ3n) is 2.99. The predicted octanol–water partition coefficient (Wildman–Crippen LogP) is 3.74. The van der Waals surface area contributed by atoms with Crippen LogP contribution in [0.1, 0.15) is 10.4 Å². The van der Waals surface area contributed by atoms with Gasteiger partial charge in [-0.3, -0.25) is 4.79 Å². The van der Waals surface area contributed by atoms with Crippen LogP contribution in [0.2, 0.25) is 0 Å². The predicted molar refractivity (Wildman–Crippen MR) is 84.8 cm³/mol. The van der Waals surface area contributed by atoms with Crippen LogP contribution in [0.5, 0.6) is 0 Å². The summed E-state index contributed by atoms with van der Waals surface area (Å²) in [5.41, 5.74) is 1.65. The topological polar surface area (TPSA) is 34.4 Å². The minimum atomic E-state index is -0.219. The maximum absolute atomic E-state index is 12.1. The molecule has 3 aromatic rings. The Kier molecular flexibility index (Phi) is 3.54. The van der Waals surface area contributed by atoms with Gasteiger partial charge < -0.3 is 4.57 Å². The Balaban J connectivity index is 2.16. The van der Waals surface area contributed by atoms with E-state index in [1.807, 2.05) is 48.0 Å². The van der Waals surface area contributed by atoms with E-state index in [0.717, 1.165) is 14.7 Å². The van der Waals surface area contributed by atoms with Crippen LogP contribution in [-0.2, 0) is 7.05 Å². The van der Waals surface area contributed by atoms with Crippen molar-refractivity contribution in [3.05, 3.63) is 63.4 Å². The number of para-hydroxylation sites is 1. The summed E-state index contributed by atoms with van der Waals surface area (Å²) in [7, 11) is 1.92. The number of aromatic nitrogens is 1. The van der Waals surface area contributed by atoms with Crippen molar-refractivity contribution < 1.29 is 4.79 Å². The first-order chi connectivity index (χ1) is 9.66. The number of fused-ring (bicyclic) bond motifs is 1. The Morgan fingerprint density at radius 3 is 2.60 bits per heavy atom. The van der Waals surface area contributed by atoms with Crippen LogP contribution in [0.4, 0.5) is 0 Å². The van der Waals surface area contributed by atoms with Gasteiger partial charge in [0.05, 0.1) is 10.2 Å². The van der Waals surface area contributed by atoms with Gasteiger partial charge in [0, 0.05) is 17.1 Å². The molecule has 0 atom stereocenters. The lowest BCUT2D eigenvalue weighted by molar-refractivity contribution is 0.0998. The Labute approximate surface area is 128 Å². The Morgan fingerprint density at radius 1 is 1.15 bits per heavy atom. The zero-order valence-corrected chi connectivity index (χ0v) is 13.1. The quantitative estimate of drug-likeness (QED) is 0.660. The number of amides is 1. The summed E-state index contributed by atoms with van der Waals surface area (Å²) in [4.78, 5) is 17.1. The molecule has 3 nitrogen and oxygen atoms in total. The van der Waals surface area contributed by atoms with Crippen molar-refractivity contribution in [1.82, 2.24) is 4.57 Å². The van der Waals surface area contributed by atoms with Gasteiger partial charge in [-0.05, 0) is 40.2 Å². The average molecular weight is 347 g/mol. The Morgan fingerprint density at radius 2 is 1.90 bits per heavy atom. The number of hydrogen-bond acceptors (Lipinski definition) is 2. The van der Waals surface area contributed by atoms with Gasteiger partial charge in [-0.25, -0.2) is 0 Å². The highest BCUT2D eigenvalue weighted by Gasteiger charge is 2.08. The molecule has 0 aliphatic carbocycles. The van der Waals surface area contributed by atoms with Crippen LogP contribution in [-0.4, -0.2) is 10.5 Å². The van der Waals surface area contributed by atoms with Crippen LogP contribution in [0.25, 0.3) is 10.2 Å². The summed E-state index contributed by atoms with van der Waals surface area (Å²) in [6.45, 7) is 0. The molecule has 0 bridgehead atoms. The van der Waals surface area contributed by atoms with E-state index in [-0.39, 0.29) is 5.91 Å². The van der Waals surface area contributed by atoms with Crippen LogP contribution >= 0.6 is 27.3 Å². The van der Waals surface area contributed by atoms with Crippen LogP contribution in [0.15, 0.2) is 58.0 Å². The molecule has 0 aliphatic rings. The monoisotopic (exact) mass is 346 g/mol. The molecule has 1 heterocycles. The molecule has 1 aromatic heterocycles. The summed E-state index contributed by atoms with van der Waals surface area (Å²) in [6, 6.07) is 15.1. The number of carbonyl (C=O) groups is 1. The lowest BCUT2D eigenvalue weighted by Crippen LogP contribution is -2.13. The van der Waals surface area contributed by atoms with E-state index in [0.29, 0.717) is 10.4 Å². The van der Waals surface area contributed by atoms with E-state index in [4.69, 9.17) is 0 Å². The van der Waals surface area contributed by atoms with E-state index < -0.39 is 0 Å². The van der Waals surface area contributed by atoms with Gasteiger partial charge >= 0.3 is 0 Å². The number of thiazole rings is 1. The fourth-order valence-corrected chi connectivity index (χ4v) is 3.80. The second kappa shape index (κ2) is 5.34. The fraction of sp³-hybridized carbons (Fsp3) is 0.0667. The number of rotatable bonds is 1. The molecular formula is C15H11BrN2OS. The standard InChI is InChI=1S/C15H11BrN2OS/c1-18-13-11(16)8-5-9-12(13)20-15(18)17-14(19)10-6-3-2-4-7-10/h2-9H,1H3. The highest BCUT2D eigenvalue weighted by Crippen LogP contribution is 2.24. The first-order valence-electron chi connectivity index (χ1n) is 6.05. The number of hydrogen-bond donors (Lipinski definition) is 0. The number of nitrogens with zero attached hydrogens (tertiary/aromatic N) is 2. The van der Waals surface area contributed by atoms with Crippen molar-refractivity contribution in [1.29, 1.82) is 0 Å². The number of halogens is 1. The summed E-state index contributed by atoms with van der Waals surface area (Å²) >= 11 is 5.04. The molecule has 0 spiro atoms. The van der Waals surface area contributed by atoms with E-state index in [1.54, 1.807) is 12.1 Å². The van der Waals surface area contributed by atoms with Gasteiger partial charge in [0.2, 0.25) is 0 Å². The molecule has 5 heteroatoms. The largest absolute Gasteiger partial charge is 0.318 e. The molecule has 0 saturated heterocycles. The van der Waals surface area contributed by atoms with Crippen molar-refractivity contribution >= 4 is 43.4 Å². The number of carbonyl (C=O) groups excluding carboxylic acids is 1. The lowest BCUT2D eigenvalue weighted by atomic mass is 10.2. The molecular weight excluding hydrogens is 336 g/mol. The zero-order valence-electron chi connectivity index (χ0n) is 10.7. The SMILES string of the molecule is Cn1c(=NC(=O)c2ccccc2)sc2cccc(Br)c21. The smallest absolute Gasteiger partial charge is 0.279 e. The van der Waals surface area contributed by atoms with Crippen molar-refractivity contribution in [2.75, 3.05) is 0 Å². The Bertz CT molecular complexity index is 849. The summed E-state index contributed by atoms with van der Waals surface area (Å²) < 4.78 is 4.04.